The predicted octanol–water partition coefficient (Wildman–Crippen LogP) is 0.776. The number of rotatable bonds is 4. The van der Waals surface area contributed by atoms with Gasteiger partial charge in [0.2, 0.25) is 0 Å². The lowest BCUT2D eigenvalue weighted by atomic mass is 10.0. The third-order valence-electron chi connectivity index (χ3n) is 1.74. The number of hydrogen-bond donors (Lipinski definition) is 2. The summed E-state index contributed by atoms with van der Waals surface area (Å²) in [4.78, 5) is 10.3. The molecule has 0 heterocycles. The highest BCUT2D eigenvalue weighted by Gasteiger charge is 2.39. The first-order valence-electron chi connectivity index (χ1n) is 3.88. The van der Waals surface area contributed by atoms with Gasteiger partial charge in [0.15, 0.2) is 0 Å². The van der Waals surface area contributed by atoms with Gasteiger partial charge in [-0.15, -0.1) is 0 Å². The van der Waals surface area contributed by atoms with Crippen molar-refractivity contribution in [2.24, 2.45) is 0 Å². The lowest BCUT2D eigenvalue weighted by Gasteiger charge is -2.23. The molecule has 84 valence electrons. The second kappa shape index (κ2) is 4.59. The van der Waals surface area contributed by atoms with Crippen molar-refractivity contribution in [1.82, 2.24) is 5.32 Å². The summed E-state index contributed by atoms with van der Waals surface area (Å²) in [6.45, 7) is -0.556. The van der Waals surface area contributed by atoms with E-state index in [4.69, 9.17) is 0 Å². The van der Waals surface area contributed by atoms with Gasteiger partial charge in [-0.25, -0.2) is 4.39 Å². The van der Waals surface area contributed by atoms with E-state index in [0.717, 1.165) is 0 Å². The van der Waals surface area contributed by atoms with Gasteiger partial charge in [0.05, 0.1) is 0 Å². The summed E-state index contributed by atoms with van der Waals surface area (Å²) >= 11 is 0. The summed E-state index contributed by atoms with van der Waals surface area (Å²) < 4.78 is 47.0. The summed E-state index contributed by atoms with van der Waals surface area (Å²) in [5, 5.41) is 10.6. The number of halogens is 4. The molecule has 0 aromatic rings. The molecule has 0 aromatic carbocycles. The van der Waals surface area contributed by atoms with Crippen LogP contribution in [0.25, 0.3) is 0 Å². The van der Waals surface area contributed by atoms with Crippen molar-refractivity contribution in [1.29, 1.82) is 0 Å². The third-order valence-corrected chi connectivity index (χ3v) is 1.74. The number of carbonyl (C=O) groups is 1. The molecule has 0 radical (unpaired) electrons. The van der Waals surface area contributed by atoms with Crippen molar-refractivity contribution in [3.63, 3.8) is 0 Å². The van der Waals surface area contributed by atoms with Gasteiger partial charge in [-0.1, -0.05) is 6.92 Å². The monoisotopic (exact) mass is 217 g/mol. The zero-order chi connectivity index (χ0) is 11.4. The second-order valence-corrected chi connectivity index (χ2v) is 2.89. The number of nitrogens with one attached hydrogen (secondary N) is 1. The third kappa shape index (κ3) is 3.91. The van der Waals surface area contributed by atoms with Crippen molar-refractivity contribution in [3.05, 3.63) is 0 Å². The van der Waals surface area contributed by atoms with Crippen molar-refractivity contribution in [3.8, 4) is 0 Å². The molecule has 0 saturated heterocycles. The first-order valence-corrected chi connectivity index (χ1v) is 3.88. The molecule has 1 atom stereocenters. The van der Waals surface area contributed by atoms with E-state index < -0.39 is 30.9 Å². The van der Waals surface area contributed by atoms with Gasteiger partial charge in [0.1, 0.15) is 12.3 Å². The minimum Gasteiger partial charge on any atom is -0.385 e. The molecule has 3 nitrogen and oxygen atoms in total. The minimum atomic E-state index is -5.01. The Balaban J connectivity index is 4.12. The van der Waals surface area contributed by atoms with Crippen LogP contribution in [0.4, 0.5) is 17.6 Å². The summed E-state index contributed by atoms with van der Waals surface area (Å²) in [5.74, 6) is -2.18. The zero-order valence-electron chi connectivity index (χ0n) is 7.49. The fraction of sp³-hybridized carbons (Fsp3) is 0.857. The Morgan fingerprint density at radius 1 is 1.43 bits per heavy atom. The molecule has 1 amide bonds. The molecule has 0 fully saturated rings. The van der Waals surface area contributed by atoms with Crippen LogP contribution in [0.1, 0.15) is 13.3 Å². The van der Waals surface area contributed by atoms with Gasteiger partial charge in [0.25, 0.3) is 0 Å². The Morgan fingerprint density at radius 2 is 1.93 bits per heavy atom. The summed E-state index contributed by atoms with van der Waals surface area (Å²) in [7, 11) is 0. The molecule has 0 aliphatic carbocycles. The molecule has 0 saturated carbocycles. The largest absolute Gasteiger partial charge is 0.471 e. The van der Waals surface area contributed by atoms with Gasteiger partial charge in [-0.2, -0.15) is 13.2 Å². The molecule has 0 unspecified atom stereocenters. The van der Waals surface area contributed by atoms with Crippen molar-refractivity contribution < 1.29 is 27.5 Å². The SMILES string of the molecule is CC[C@@](O)(CF)CNC(=O)C(F)(F)F. The Hall–Kier alpha value is -0.850. The van der Waals surface area contributed by atoms with Crippen LogP contribution in [-0.4, -0.2) is 36.0 Å². The Kier molecular flexibility index (Phi) is 4.31. The van der Waals surface area contributed by atoms with Crippen LogP contribution in [0.15, 0.2) is 0 Å². The molecule has 0 aliphatic heterocycles. The van der Waals surface area contributed by atoms with Crippen LogP contribution in [-0.2, 0) is 4.79 Å². The number of alkyl halides is 4. The van der Waals surface area contributed by atoms with Gasteiger partial charge >= 0.3 is 12.1 Å². The van der Waals surface area contributed by atoms with Gasteiger partial charge < -0.3 is 10.4 Å². The highest BCUT2D eigenvalue weighted by atomic mass is 19.4. The maximum atomic E-state index is 12.1. The van der Waals surface area contributed by atoms with Crippen LogP contribution < -0.4 is 5.32 Å². The molecular formula is C7H11F4NO2. The lowest BCUT2D eigenvalue weighted by molar-refractivity contribution is -0.174. The van der Waals surface area contributed by atoms with E-state index in [9.17, 15) is 27.5 Å². The summed E-state index contributed by atoms with van der Waals surface area (Å²) in [5.41, 5.74) is -1.92. The average molecular weight is 217 g/mol. The van der Waals surface area contributed by atoms with Crippen molar-refractivity contribution >= 4 is 5.91 Å². The zero-order valence-corrected chi connectivity index (χ0v) is 7.49. The van der Waals surface area contributed by atoms with E-state index in [-0.39, 0.29) is 6.42 Å². The van der Waals surface area contributed by atoms with Crippen molar-refractivity contribution in [2.45, 2.75) is 25.1 Å². The topological polar surface area (TPSA) is 49.3 Å². The maximum Gasteiger partial charge on any atom is 0.471 e. The van der Waals surface area contributed by atoms with E-state index in [1.807, 2.05) is 0 Å². The van der Waals surface area contributed by atoms with E-state index in [2.05, 4.69) is 0 Å². The molecular weight excluding hydrogens is 206 g/mol. The van der Waals surface area contributed by atoms with E-state index in [1.165, 1.54) is 12.2 Å². The fourth-order valence-electron chi connectivity index (χ4n) is 0.612. The summed E-state index contributed by atoms with van der Waals surface area (Å²) in [6, 6.07) is 0. The highest BCUT2D eigenvalue weighted by Crippen LogP contribution is 2.15. The molecule has 0 spiro atoms. The fourth-order valence-corrected chi connectivity index (χ4v) is 0.612. The molecule has 0 aliphatic rings. The number of hydrogen-bond acceptors (Lipinski definition) is 2. The standard InChI is InChI=1S/C7H11F4NO2/c1-2-6(14,3-8)4-12-5(13)7(9,10)11/h14H,2-4H2,1H3,(H,12,13)/t6-/m1/s1. The molecule has 2 N–H and O–H groups in total. The Bertz CT molecular complexity index is 200. The van der Waals surface area contributed by atoms with Gasteiger partial charge in [-0.05, 0) is 6.42 Å². The number of aliphatic hydroxyl groups is 1. The van der Waals surface area contributed by atoms with Crippen LogP contribution in [0.2, 0.25) is 0 Å². The normalized spacial score (nSPS) is 16.1. The Morgan fingerprint density at radius 3 is 2.21 bits per heavy atom. The van der Waals surface area contributed by atoms with Gasteiger partial charge in [-0.3, -0.25) is 4.79 Å². The lowest BCUT2D eigenvalue weighted by Crippen LogP contribution is -2.47. The van der Waals surface area contributed by atoms with E-state index in [0.29, 0.717) is 0 Å². The second-order valence-electron chi connectivity index (χ2n) is 2.89. The van der Waals surface area contributed by atoms with Crippen LogP contribution in [0.3, 0.4) is 0 Å². The van der Waals surface area contributed by atoms with Gasteiger partial charge in [0, 0.05) is 6.54 Å². The van der Waals surface area contributed by atoms with Crippen molar-refractivity contribution in [2.75, 3.05) is 13.2 Å². The highest BCUT2D eigenvalue weighted by molar-refractivity contribution is 5.81. The summed E-state index contributed by atoms with van der Waals surface area (Å²) in [6.07, 6.45) is -5.09. The first kappa shape index (κ1) is 13.2. The van der Waals surface area contributed by atoms with Crippen LogP contribution >= 0.6 is 0 Å². The molecule has 14 heavy (non-hydrogen) atoms. The molecule has 7 heteroatoms. The molecule has 0 aromatic heterocycles. The number of amides is 1. The average Bonchev–Trinajstić information content (AvgIpc) is 2.12. The predicted molar refractivity (Wildman–Crippen MR) is 40.3 cm³/mol. The van der Waals surface area contributed by atoms with E-state index in [1.54, 1.807) is 0 Å². The maximum absolute atomic E-state index is 12.1. The Labute approximate surface area is 78.1 Å². The smallest absolute Gasteiger partial charge is 0.385 e. The minimum absolute atomic E-state index is 0.0817. The van der Waals surface area contributed by atoms with Crippen LogP contribution in [0.5, 0.6) is 0 Å². The number of carbonyl (C=O) groups excluding carboxylic acids is 1. The van der Waals surface area contributed by atoms with Crippen LogP contribution in [0, 0.1) is 0 Å². The molecule has 0 rings (SSSR count). The quantitative estimate of drug-likeness (QED) is 0.683. The first-order chi connectivity index (χ1) is 6.25. The van der Waals surface area contributed by atoms with E-state index >= 15 is 0 Å². The molecule has 0 bridgehead atoms.